The molecule has 0 fully saturated rings. The van der Waals surface area contributed by atoms with E-state index in [1.807, 2.05) is 25.1 Å². The first-order chi connectivity index (χ1) is 5.83. The van der Waals surface area contributed by atoms with E-state index in [-0.39, 0.29) is 0 Å². The van der Waals surface area contributed by atoms with Gasteiger partial charge in [0.2, 0.25) is 0 Å². The topological polar surface area (TPSA) is 34.5 Å². The van der Waals surface area contributed by atoms with Crippen LogP contribution in [0.1, 0.15) is 12.6 Å². The minimum Gasteiger partial charge on any atom is -0.396 e. The van der Waals surface area contributed by atoms with Crippen molar-refractivity contribution in [3.05, 3.63) is 28.5 Å². The van der Waals surface area contributed by atoms with Gasteiger partial charge in [-0.2, -0.15) is 0 Å². The van der Waals surface area contributed by atoms with Gasteiger partial charge in [0.1, 0.15) is 11.2 Å². The SMILES string of the molecule is CCO/N=C/c1cccc(Br)n1. The van der Waals surface area contributed by atoms with Gasteiger partial charge < -0.3 is 4.84 Å². The predicted molar refractivity (Wildman–Crippen MR) is 51.2 cm³/mol. The number of halogens is 1. The maximum absolute atomic E-state index is 4.79. The van der Waals surface area contributed by atoms with Crippen molar-refractivity contribution in [1.82, 2.24) is 4.98 Å². The molecule has 12 heavy (non-hydrogen) atoms. The molecule has 0 aliphatic carbocycles. The Kier molecular flexibility index (Phi) is 3.73. The van der Waals surface area contributed by atoms with Gasteiger partial charge in [-0.15, -0.1) is 0 Å². The molecule has 0 aromatic carbocycles. The van der Waals surface area contributed by atoms with Crippen LogP contribution in [0, 0.1) is 0 Å². The largest absolute Gasteiger partial charge is 0.396 e. The summed E-state index contributed by atoms with van der Waals surface area (Å²) in [6, 6.07) is 5.61. The molecule has 0 unspecified atom stereocenters. The zero-order valence-corrected chi connectivity index (χ0v) is 8.28. The summed E-state index contributed by atoms with van der Waals surface area (Å²) in [6.07, 6.45) is 1.58. The Morgan fingerprint density at radius 2 is 2.50 bits per heavy atom. The van der Waals surface area contributed by atoms with Gasteiger partial charge in [-0.05, 0) is 35.0 Å². The first-order valence-corrected chi connectivity index (χ1v) is 4.40. The smallest absolute Gasteiger partial charge is 0.114 e. The van der Waals surface area contributed by atoms with E-state index < -0.39 is 0 Å². The van der Waals surface area contributed by atoms with Crippen LogP contribution < -0.4 is 0 Å². The molecule has 1 rings (SSSR count). The van der Waals surface area contributed by atoms with Crippen molar-refractivity contribution in [3.63, 3.8) is 0 Å². The molecule has 0 saturated heterocycles. The maximum Gasteiger partial charge on any atom is 0.114 e. The summed E-state index contributed by atoms with van der Waals surface area (Å²) in [5, 5.41) is 3.69. The number of rotatable bonds is 3. The Bertz CT molecular complexity index is 276. The highest BCUT2D eigenvalue weighted by atomic mass is 79.9. The van der Waals surface area contributed by atoms with Crippen LogP contribution in [-0.2, 0) is 4.84 Å². The van der Waals surface area contributed by atoms with Crippen molar-refractivity contribution >= 4 is 22.1 Å². The molecule has 0 spiro atoms. The van der Waals surface area contributed by atoms with Gasteiger partial charge in [-0.1, -0.05) is 11.2 Å². The van der Waals surface area contributed by atoms with Gasteiger partial charge in [0.15, 0.2) is 0 Å². The number of aromatic nitrogens is 1. The second-order valence-electron chi connectivity index (χ2n) is 2.04. The average molecular weight is 229 g/mol. The predicted octanol–water partition coefficient (Wildman–Crippen LogP) is 2.21. The zero-order chi connectivity index (χ0) is 8.81. The molecule has 0 radical (unpaired) electrons. The first kappa shape index (κ1) is 9.19. The Morgan fingerprint density at radius 1 is 1.67 bits per heavy atom. The van der Waals surface area contributed by atoms with Crippen LogP contribution in [0.15, 0.2) is 28.0 Å². The number of hydrogen-bond acceptors (Lipinski definition) is 3. The molecule has 1 heterocycles. The van der Waals surface area contributed by atoms with Gasteiger partial charge in [0, 0.05) is 0 Å². The fourth-order valence-corrected chi connectivity index (χ4v) is 1.02. The van der Waals surface area contributed by atoms with Crippen molar-refractivity contribution < 1.29 is 4.84 Å². The van der Waals surface area contributed by atoms with E-state index in [1.54, 1.807) is 6.21 Å². The Balaban J connectivity index is 2.63. The van der Waals surface area contributed by atoms with Gasteiger partial charge in [-0.25, -0.2) is 4.98 Å². The number of oxime groups is 1. The van der Waals surface area contributed by atoms with Crippen LogP contribution in [0.3, 0.4) is 0 Å². The summed E-state index contributed by atoms with van der Waals surface area (Å²) in [6.45, 7) is 2.45. The van der Waals surface area contributed by atoms with Crippen LogP contribution in [0.2, 0.25) is 0 Å². The minimum atomic E-state index is 0.574. The van der Waals surface area contributed by atoms with Crippen LogP contribution in [-0.4, -0.2) is 17.8 Å². The Labute approximate surface area is 79.6 Å². The van der Waals surface area contributed by atoms with E-state index in [0.29, 0.717) is 6.61 Å². The average Bonchev–Trinajstić information content (AvgIpc) is 2.05. The van der Waals surface area contributed by atoms with Gasteiger partial charge >= 0.3 is 0 Å². The molecule has 3 nitrogen and oxygen atoms in total. The van der Waals surface area contributed by atoms with Crippen LogP contribution in [0.25, 0.3) is 0 Å². The monoisotopic (exact) mass is 228 g/mol. The lowest BCUT2D eigenvalue weighted by atomic mass is 10.4. The molecule has 0 aliphatic heterocycles. The highest BCUT2D eigenvalue weighted by Gasteiger charge is 1.89. The van der Waals surface area contributed by atoms with Gasteiger partial charge in [-0.3, -0.25) is 0 Å². The molecule has 0 aliphatic rings. The lowest BCUT2D eigenvalue weighted by molar-refractivity contribution is 0.160. The molecule has 1 aromatic rings. The molecule has 0 atom stereocenters. The van der Waals surface area contributed by atoms with Gasteiger partial charge in [0.25, 0.3) is 0 Å². The first-order valence-electron chi connectivity index (χ1n) is 3.61. The Hall–Kier alpha value is -0.900. The minimum absolute atomic E-state index is 0.574. The van der Waals surface area contributed by atoms with Crippen molar-refractivity contribution in [2.24, 2.45) is 5.16 Å². The Morgan fingerprint density at radius 3 is 3.17 bits per heavy atom. The summed E-state index contributed by atoms with van der Waals surface area (Å²) < 4.78 is 0.794. The summed E-state index contributed by atoms with van der Waals surface area (Å²) >= 11 is 3.26. The maximum atomic E-state index is 4.79. The molecular weight excluding hydrogens is 220 g/mol. The summed E-state index contributed by atoms with van der Waals surface area (Å²) in [7, 11) is 0. The van der Waals surface area contributed by atoms with Crippen molar-refractivity contribution in [1.29, 1.82) is 0 Å². The van der Waals surface area contributed by atoms with E-state index in [1.165, 1.54) is 0 Å². The standard InChI is InChI=1S/C8H9BrN2O/c1-2-12-10-6-7-4-3-5-8(9)11-7/h3-6H,2H2,1H3/b10-6+. The van der Waals surface area contributed by atoms with E-state index >= 15 is 0 Å². The van der Waals surface area contributed by atoms with Crippen molar-refractivity contribution in [2.45, 2.75) is 6.92 Å². The van der Waals surface area contributed by atoms with E-state index in [2.05, 4.69) is 26.1 Å². The summed E-state index contributed by atoms with van der Waals surface area (Å²) in [4.78, 5) is 8.92. The van der Waals surface area contributed by atoms with E-state index in [9.17, 15) is 0 Å². The van der Waals surface area contributed by atoms with Crippen LogP contribution in [0.4, 0.5) is 0 Å². The molecule has 64 valence electrons. The molecule has 0 bridgehead atoms. The highest BCUT2D eigenvalue weighted by molar-refractivity contribution is 9.10. The second kappa shape index (κ2) is 4.87. The lowest BCUT2D eigenvalue weighted by Gasteiger charge is -1.93. The quantitative estimate of drug-likeness (QED) is 0.452. The van der Waals surface area contributed by atoms with Crippen molar-refractivity contribution in [2.75, 3.05) is 6.61 Å². The van der Waals surface area contributed by atoms with E-state index in [4.69, 9.17) is 4.84 Å². The fourth-order valence-electron chi connectivity index (χ4n) is 0.662. The third-order valence-corrected chi connectivity index (χ3v) is 1.57. The third-order valence-electron chi connectivity index (χ3n) is 1.13. The third kappa shape index (κ3) is 3.00. The van der Waals surface area contributed by atoms with Crippen LogP contribution in [0.5, 0.6) is 0 Å². The summed E-state index contributed by atoms with van der Waals surface area (Å²) in [5.74, 6) is 0. The number of nitrogens with zero attached hydrogens (tertiary/aromatic N) is 2. The summed E-state index contributed by atoms with van der Waals surface area (Å²) in [5.41, 5.74) is 0.776. The van der Waals surface area contributed by atoms with Crippen LogP contribution >= 0.6 is 15.9 Å². The lowest BCUT2D eigenvalue weighted by Crippen LogP contribution is -1.88. The molecule has 1 aromatic heterocycles. The van der Waals surface area contributed by atoms with Gasteiger partial charge in [0.05, 0.1) is 11.9 Å². The fraction of sp³-hybridized carbons (Fsp3) is 0.250. The normalized spacial score (nSPS) is 10.5. The van der Waals surface area contributed by atoms with Crippen molar-refractivity contribution in [3.8, 4) is 0 Å². The van der Waals surface area contributed by atoms with E-state index in [0.717, 1.165) is 10.3 Å². The molecule has 4 heteroatoms. The molecular formula is C8H9BrN2O. The molecule has 0 saturated carbocycles. The second-order valence-corrected chi connectivity index (χ2v) is 2.85. The highest BCUT2D eigenvalue weighted by Crippen LogP contribution is 2.04. The molecule has 0 amide bonds. The number of pyridine rings is 1. The zero-order valence-electron chi connectivity index (χ0n) is 6.70. The number of hydrogen-bond donors (Lipinski definition) is 0. The molecule has 0 N–H and O–H groups in total.